The Bertz CT molecular complexity index is 1410. The van der Waals surface area contributed by atoms with Crippen LogP contribution >= 0.6 is 11.6 Å². The van der Waals surface area contributed by atoms with E-state index in [-0.39, 0.29) is 24.9 Å². The standard InChI is InChI=1S/C31H38ClN3O4S/c1-6-24(4)33-31(37)29(19-25-10-8-7-9-11-25)34(20-26-14-16-27(32)17-15-26)30(36)21-35(40(5,38)39)28-18-22(2)12-13-23(28)3/h7-18,24,29H,6,19-21H2,1-5H3,(H,33,37)/t24-,29-/m0/s1. The molecule has 2 atom stereocenters. The van der Waals surface area contributed by atoms with Crippen LogP contribution in [0, 0.1) is 13.8 Å². The highest BCUT2D eigenvalue weighted by Crippen LogP contribution is 2.25. The molecule has 0 unspecified atom stereocenters. The van der Waals surface area contributed by atoms with E-state index >= 15 is 0 Å². The first kappa shape index (κ1) is 31.2. The highest BCUT2D eigenvalue weighted by atomic mass is 35.5. The molecule has 0 aliphatic heterocycles. The molecule has 0 heterocycles. The number of carbonyl (C=O) groups excluding carboxylic acids is 2. The smallest absolute Gasteiger partial charge is 0.244 e. The van der Waals surface area contributed by atoms with Crippen LogP contribution in [0.5, 0.6) is 0 Å². The first-order valence-corrected chi connectivity index (χ1v) is 15.5. The van der Waals surface area contributed by atoms with Gasteiger partial charge in [-0.1, -0.05) is 73.1 Å². The molecule has 1 N–H and O–H groups in total. The van der Waals surface area contributed by atoms with E-state index in [1.54, 1.807) is 37.3 Å². The molecule has 40 heavy (non-hydrogen) atoms. The molecule has 9 heteroatoms. The number of hydrogen-bond acceptors (Lipinski definition) is 4. The highest BCUT2D eigenvalue weighted by Gasteiger charge is 2.33. The maximum absolute atomic E-state index is 14.1. The van der Waals surface area contributed by atoms with Crippen LogP contribution in [-0.2, 0) is 32.6 Å². The first-order valence-electron chi connectivity index (χ1n) is 13.3. The summed E-state index contributed by atoms with van der Waals surface area (Å²) < 4.78 is 27.1. The molecule has 0 radical (unpaired) electrons. The van der Waals surface area contributed by atoms with Gasteiger partial charge in [0, 0.05) is 24.0 Å². The van der Waals surface area contributed by atoms with Gasteiger partial charge in [-0.25, -0.2) is 8.42 Å². The number of nitrogens with one attached hydrogen (secondary N) is 1. The third kappa shape index (κ3) is 8.57. The lowest BCUT2D eigenvalue weighted by atomic mass is 10.0. The molecule has 3 aromatic rings. The van der Waals surface area contributed by atoms with E-state index in [0.29, 0.717) is 10.7 Å². The van der Waals surface area contributed by atoms with Crippen molar-refractivity contribution in [1.29, 1.82) is 0 Å². The fourth-order valence-electron chi connectivity index (χ4n) is 4.36. The zero-order valence-electron chi connectivity index (χ0n) is 23.7. The lowest BCUT2D eigenvalue weighted by Gasteiger charge is -2.34. The minimum atomic E-state index is -3.82. The molecule has 0 aliphatic rings. The van der Waals surface area contributed by atoms with Crippen molar-refractivity contribution >= 4 is 39.1 Å². The van der Waals surface area contributed by atoms with Crippen LogP contribution in [0.15, 0.2) is 72.8 Å². The number of amides is 2. The molecule has 0 spiro atoms. The van der Waals surface area contributed by atoms with E-state index in [0.717, 1.165) is 39.2 Å². The van der Waals surface area contributed by atoms with Gasteiger partial charge in [-0.2, -0.15) is 0 Å². The molecule has 3 aromatic carbocycles. The van der Waals surface area contributed by atoms with E-state index in [1.165, 1.54) is 4.90 Å². The normalized spacial score (nSPS) is 12.8. The van der Waals surface area contributed by atoms with Gasteiger partial charge in [0.2, 0.25) is 21.8 Å². The molecule has 0 saturated carbocycles. The zero-order chi connectivity index (χ0) is 29.4. The highest BCUT2D eigenvalue weighted by molar-refractivity contribution is 7.92. The van der Waals surface area contributed by atoms with Gasteiger partial charge in [0.1, 0.15) is 12.6 Å². The molecule has 7 nitrogen and oxygen atoms in total. The average Bonchev–Trinajstić information content (AvgIpc) is 2.91. The van der Waals surface area contributed by atoms with Gasteiger partial charge in [-0.15, -0.1) is 0 Å². The first-order chi connectivity index (χ1) is 18.9. The van der Waals surface area contributed by atoms with Crippen LogP contribution in [0.1, 0.15) is 42.5 Å². The van der Waals surface area contributed by atoms with Crippen LogP contribution in [0.4, 0.5) is 5.69 Å². The Morgan fingerprint density at radius 1 is 0.950 bits per heavy atom. The lowest BCUT2D eigenvalue weighted by Crippen LogP contribution is -2.54. The number of sulfonamides is 1. The summed E-state index contributed by atoms with van der Waals surface area (Å²) in [6.45, 7) is 7.22. The van der Waals surface area contributed by atoms with Crippen molar-refractivity contribution in [1.82, 2.24) is 10.2 Å². The van der Waals surface area contributed by atoms with Crippen molar-refractivity contribution in [3.63, 3.8) is 0 Å². The second-order valence-corrected chi connectivity index (χ2v) is 12.6. The van der Waals surface area contributed by atoms with E-state index < -0.39 is 28.5 Å². The third-order valence-electron chi connectivity index (χ3n) is 6.85. The summed E-state index contributed by atoms with van der Waals surface area (Å²) >= 11 is 6.10. The largest absolute Gasteiger partial charge is 0.352 e. The topological polar surface area (TPSA) is 86.8 Å². The van der Waals surface area contributed by atoms with Crippen molar-refractivity contribution < 1.29 is 18.0 Å². The summed E-state index contributed by atoms with van der Waals surface area (Å²) in [6.07, 6.45) is 2.08. The van der Waals surface area contributed by atoms with Crippen LogP contribution < -0.4 is 9.62 Å². The fraction of sp³-hybridized carbons (Fsp3) is 0.355. The lowest BCUT2D eigenvalue weighted by molar-refractivity contribution is -0.140. The Kier molecular flexibility index (Phi) is 10.8. The zero-order valence-corrected chi connectivity index (χ0v) is 25.3. The minimum absolute atomic E-state index is 0.0966. The number of anilines is 1. The molecular weight excluding hydrogens is 546 g/mol. The van der Waals surface area contributed by atoms with Crippen LogP contribution in [0.2, 0.25) is 5.02 Å². The van der Waals surface area contributed by atoms with Crippen LogP contribution in [0.25, 0.3) is 0 Å². The molecule has 0 saturated heterocycles. The van der Waals surface area contributed by atoms with Crippen molar-refractivity contribution in [2.75, 3.05) is 17.1 Å². The van der Waals surface area contributed by atoms with Gasteiger partial charge in [-0.05, 0) is 67.6 Å². The molecule has 3 rings (SSSR count). The molecule has 0 aromatic heterocycles. The van der Waals surface area contributed by atoms with Crippen LogP contribution in [0.3, 0.4) is 0 Å². The number of rotatable bonds is 12. The quantitative estimate of drug-likeness (QED) is 0.314. The van der Waals surface area contributed by atoms with Crippen molar-refractivity contribution in [2.45, 2.75) is 59.2 Å². The number of halogens is 1. The van der Waals surface area contributed by atoms with Gasteiger partial charge >= 0.3 is 0 Å². The number of nitrogens with zero attached hydrogens (tertiary/aromatic N) is 2. The maximum Gasteiger partial charge on any atom is 0.244 e. The monoisotopic (exact) mass is 583 g/mol. The average molecular weight is 584 g/mol. The molecule has 0 aliphatic carbocycles. The summed E-state index contributed by atoms with van der Waals surface area (Å²) in [4.78, 5) is 29.3. The Hall–Kier alpha value is -3.36. The molecule has 0 fully saturated rings. The van der Waals surface area contributed by atoms with Gasteiger partial charge < -0.3 is 10.2 Å². The van der Waals surface area contributed by atoms with Crippen molar-refractivity contribution in [2.24, 2.45) is 0 Å². The molecule has 0 bridgehead atoms. The van der Waals surface area contributed by atoms with Gasteiger partial charge in [0.15, 0.2) is 0 Å². The summed E-state index contributed by atoms with van der Waals surface area (Å²) in [5.74, 6) is -0.778. The van der Waals surface area contributed by atoms with Crippen LogP contribution in [-0.4, -0.2) is 50.0 Å². The molecule has 2 amide bonds. The summed E-state index contributed by atoms with van der Waals surface area (Å²) in [5, 5.41) is 3.58. The van der Waals surface area contributed by atoms with E-state index in [1.807, 2.05) is 63.2 Å². The molecule has 214 valence electrons. The van der Waals surface area contributed by atoms with Gasteiger partial charge in [0.25, 0.3) is 0 Å². The minimum Gasteiger partial charge on any atom is -0.352 e. The Balaban J connectivity index is 2.08. The SMILES string of the molecule is CC[C@H](C)NC(=O)[C@H](Cc1ccccc1)N(Cc1ccc(Cl)cc1)C(=O)CN(c1cc(C)ccc1C)S(C)(=O)=O. The number of benzene rings is 3. The Morgan fingerprint density at radius 3 is 2.20 bits per heavy atom. The maximum atomic E-state index is 14.1. The number of carbonyl (C=O) groups is 2. The number of hydrogen-bond donors (Lipinski definition) is 1. The summed E-state index contributed by atoms with van der Waals surface area (Å²) in [5.41, 5.74) is 3.68. The van der Waals surface area contributed by atoms with Gasteiger partial charge in [-0.3, -0.25) is 13.9 Å². The van der Waals surface area contributed by atoms with E-state index in [9.17, 15) is 18.0 Å². The van der Waals surface area contributed by atoms with E-state index in [2.05, 4.69) is 5.32 Å². The second kappa shape index (κ2) is 13.8. The van der Waals surface area contributed by atoms with Crippen molar-refractivity contribution in [3.05, 3.63) is 100 Å². The summed E-state index contributed by atoms with van der Waals surface area (Å²) in [7, 11) is -3.82. The summed E-state index contributed by atoms with van der Waals surface area (Å²) in [6, 6.07) is 21.0. The Morgan fingerprint density at radius 2 is 1.60 bits per heavy atom. The Labute approximate surface area is 243 Å². The molecular formula is C31H38ClN3O4S. The predicted octanol–water partition coefficient (Wildman–Crippen LogP) is 5.28. The number of aryl methyl sites for hydroxylation is 2. The van der Waals surface area contributed by atoms with Gasteiger partial charge in [0.05, 0.1) is 11.9 Å². The fourth-order valence-corrected chi connectivity index (χ4v) is 5.39. The van der Waals surface area contributed by atoms with Crippen molar-refractivity contribution in [3.8, 4) is 0 Å². The second-order valence-electron chi connectivity index (χ2n) is 10.2. The third-order valence-corrected chi connectivity index (χ3v) is 8.23. The predicted molar refractivity (Wildman–Crippen MR) is 162 cm³/mol. The van der Waals surface area contributed by atoms with E-state index in [4.69, 9.17) is 11.6 Å².